The summed E-state index contributed by atoms with van der Waals surface area (Å²) in [5.41, 5.74) is 0.589. The fraction of sp³-hybridized carbons (Fsp3) is 0.294. The Morgan fingerprint density at radius 1 is 1.26 bits per heavy atom. The van der Waals surface area contributed by atoms with Gasteiger partial charge in [0.25, 0.3) is 5.91 Å². The number of halogens is 1. The Kier molecular flexibility index (Phi) is 7.68. The van der Waals surface area contributed by atoms with Gasteiger partial charge in [-0.1, -0.05) is 23.4 Å². The number of thioether (sulfide) groups is 1. The molecule has 1 heterocycles. The lowest BCUT2D eigenvalue weighted by atomic mass is 10.2. The molecule has 2 N–H and O–H groups in total. The number of carbonyl (C=O) groups excluding carboxylic acids is 2. The van der Waals surface area contributed by atoms with Crippen molar-refractivity contribution in [3.63, 3.8) is 0 Å². The number of aromatic nitrogens is 2. The molecular formula is C17H19ClN4O4S. The monoisotopic (exact) mass is 410 g/mol. The van der Waals surface area contributed by atoms with Crippen LogP contribution in [0.2, 0.25) is 5.02 Å². The van der Waals surface area contributed by atoms with E-state index in [0.29, 0.717) is 22.3 Å². The Hall–Kier alpha value is -2.52. The average Bonchev–Trinajstić information content (AvgIpc) is 2.68. The highest BCUT2D eigenvalue weighted by Crippen LogP contribution is 2.29. The Balaban J connectivity index is 1.90. The summed E-state index contributed by atoms with van der Waals surface area (Å²) in [6.07, 6.45) is 3.24. The summed E-state index contributed by atoms with van der Waals surface area (Å²) < 4.78 is 10.3. The van der Waals surface area contributed by atoms with E-state index in [2.05, 4.69) is 20.6 Å². The van der Waals surface area contributed by atoms with E-state index in [0.717, 1.165) is 0 Å². The quantitative estimate of drug-likeness (QED) is 0.509. The maximum absolute atomic E-state index is 12.2. The second kappa shape index (κ2) is 9.98. The summed E-state index contributed by atoms with van der Waals surface area (Å²) >= 11 is 7.26. The first-order chi connectivity index (χ1) is 13.0. The highest BCUT2D eigenvalue weighted by molar-refractivity contribution is 7.98. The first-order valence-electron chi connectivity index (χ1n) is 7.85. The molecule has 144 valence electrons. The molecule has 27 heavy (non-hydrogen) atoms. The molecule has 0 saturated carbocycles. The smallest absolute Gasteiger partial charge is 0.271 e. The van der Waals surface area contributed by atoms with Crippen molar-refractivity contribution < 1.29 is 19.1 Å². The van der Waals surface area contributed by atoms with Crippen LogP contribution in [-0.4, -0.2) is 48.8 Å². The second-order valence-electron chi connectivity index (χ2n) is 5.17. The second-order valence-corrected chi connectivity index (χ2v) is 6.35. The Morgan fingerprint density at radius 2 is 2.04 bits per heavy atom. The van der Waals surface area contributed by atoms with Crippen molar-refractivity contribution in [2.75, 3.05) is 32.3 Å². The summed E-state index contributed by atoms with van der Waals surface area (Å²) in [6.45, 7) is 0.123. The number of carbonyl (C=O) groups is 2. The summed E-state index contributed by atoms with van der Waals surface area (Å²) in [4.78, 5) is 32.4. The maximum Gasteiger partial charge on any atom is 0.271 e. The predicted octanol–water partition coefficient (Wildman–Crippen LogP) is 2.63. The van der Waals surface area contributed by atoms with Gasteiger partial charge in [-0.05, 0) is 18.4 Å². The van der Waals surface area contributed by atoms with Crippen molar-refractivity contribution in [1.29, 1.82) is 0 Å². The molecule has 0 unspecified atom stereocenters. The van der Waals surface area contributed by atoms with E-state index < -0.39 is 5.91 Å². The van der Waals surface area contributed by atoms with Gasteiger partial charge < -0.3 is 20.1 Å². The molecule has 0 saturated heterocycles. The Labute approximate surface area is 166 Å². The van der Waals surface area contributed by atoms with Gasteiger partial charge in [-0.3, -0.25) is 9.59 Å². The molecule has 0 atom stereocenters. The Bertz CT molecular complexity index is 835. The first kappa shape index (κ1) is 20.8. The number of benzene rings is 1. The van der Waals surface area contributed by atoms with Crippen LogP contribution in [0.15, 0.2) is 29.6 Å². The van der Waals surface area contributed by atoms with Crippen LogP contribution in [0.4, 0.5) is 5.69 Å². The highest BCUT2D eigenvalue weighted by Gasteiger charge is 2.15. The lowest BCUT2D eigenvalue weighted by molar-refractivity contribution is -0.116. The standard InChI is InChI=1S/C17H19ClN4O4S/c1-25-10-4-5-12(13(8-10)26-2)21-14(23)6-7-19-16(24)15-11(18)9-20-17(22-15)27-3/h4-5,8-9H,6-7H2,1-3H3,(H,19,24)(H,21,23). The molecule has 1 aromatic carbocycles. The van der Waals surface area contributed by atoms with E-state index in [1.54, 1.807) is 31.6 Å². The fourth-order valence-corrected chi connectivity index (χ4v) is 2.61. The molecule has 0 fully saturated rings. The van der Waals surface area contributed by atoms with Gasteiger partial charge in [0.15, 0.2) is 10.9 Å². The number of nitrogens with one attached hydrogen (secondary N) is 2. The van der Waals surface area contributed by atoms with Gasteiger partial charge in [-0.25, -0.2) is 9.97 Å². The van der Waals surface area contributed by atoms with Gasteiger partial charge in [0, 0.05) is 19.0 Å². The van der Waals surface area contributed by atoms with Crippen molar-refractivity contribution in [3.05, 3.63) is 35.1 Å². The van der Waals surface area contributed by atoms with Crippen LogP contribution >= 0.6 is 23.4 Å². The van der Waals surface area contributed by atoms with Gasteiger partial charge in [-0.15, -0.1) is 0 Å². The van der Waals surface area contributed by atoms with E-state index in [9.17, 15) is 9.59 Å². The van der Waals surface area contributed by atoms with Crippen LogP contribution in [-0.2, 0) is 4.79 Å². The molecule has 0 spiro atoms. The fourth-order valence-electron chi connectivity index (χ4n) is 2.10. The first-order valence-corrected chi connectivity index (χ1v) is 9.45. The van der Waals surface area contributed by atoms with Gasteiger partial charge in [-0.2, -0.15) is 0 Å². The SMILES string of the molecule is COc1ccc(NC(=O)CCNC(=O)c2nc(SC)ncc2Cl)c(OC)c1. The Morgan fingerprint density at radius 3 is 2.70 bits per heavy atom. The van der Waals surface area contributed by atoms with E-state index in [-0.39, 0.29) is 29.6 Å². The van der Waals surface area contributed by atoms with E-state index in [1.807, 2.05) is 0 Å². The summed E-state index contributed by atoms with van der Waals surface area (Å²) in [6, 6.07) is 5.05. The summed E-state index contributed by atoms with van der Waals surface area (Å²) in [5, 5.41) is 5.94. The summed E-state index contributed by atoms with van der Waals surface area (Å²) in [5.74, 6) is 0.345. The minimum atomic E-state index is -0.465. The van der Waals surface area contributed by atoms with Crippen molar-refractivity contribution >= 4 is 40.9 Å². The number of hydrogen-bond acceptors (Lipinski definition) is 7. The molecule has 0 bridgehead atoms. The number of hydrogen-bond donors (Lipinski definition) is 2. The zero-order valence-corrected chi connectivity index (χ0v) is 16.6. The molecule has 1 aromatic heterocycles. The van der Waals surface area contributed by atoms with E-state index >= 15 is 0 Å². The summed E-state index contributed by atoms with van der Waals surface area (Å²) in [7, 11) is 3.04. The molecule has 2 rings (SSSR count). The van der Waals surface area contributed by atoms with Crippen LogP contribution < -0.4 is 20.1 Å². The zero-order valence-electron chi connectivity index (χ0n) is 15.0. The minimum Gasteiger partial charge on any atom is -0.497 e. The lowest BCUT2D eigenvalue weighted by Gasteiger charge is -2.12. The third-order valence-electron chi connectivity index (χ3n) is 3.44. The van der Waals surface area contributed by atoms with Crippen molar-refractivity contribution in [2.45, 2.75) is 11.6 Å². The molecule has 8 nitrogen and oxygen atoms in total. The number of rotatable bonds is 8. The van der Waals surface area contributed by atoms with Gasteiger partial charge in [0.2, 0.25) is 5.91 Å². The number of amides is 2. The minimum absolute atomic E-state index is 0.0685. The molecule has 10 heteroatoms. The van der Waals surface area contributed by atoms with E-state index in [4.69, 9.17) is 21.1 Å². The van der Waals surface area contributed by atoms with Crippen molar-refractivity contribution in [2.24, 2.45) is 0 Å². The van der Waals surface area contributed by atoms with Crippen molar-refractivity contribution in [1.82, 2.24) is 15.3 Å². The van der Waals surface area contributed by atoms with E-state index in [1.165, 1.54) is 25.1 Å². The van der Waals surface area contributed by atoms with Crippen LogP contribution in [0, 0.1) is 0 Å². The van der Waals surface area contributed by atoms with Crippen LogP contribution in [0.25, 0.3) is 0 Å². The predicted molar refractivity (Wildman–Crippen MR) is 104 cm³/mol. The van der Waals surface area contributed by atoms with Crippen molar-refractivity contribution in [3.8, 4) is 11.5 Å². The number of ether oxygens (including phenoxy) is 2. The largest absolute Gasteiger partial charge is 0.497 e. The molecular weight excluding hydrogens is 392 g/mol. The average molecular weight is 411 g/mol. The number of nitrogens with zero attached hydrogens (tertiary/aromatic N) is 2. The van der Waals surface area contributed by atoms with Crippen LogP contribution in [0.1, 0.15) is 16.9 Å². The van der Waals surface area contributed by atoms with Crippen LogP contribution in [0.5, 0.6) is 11.5 Å². The van der Waals surface area contributed by atoms with Gasteiger partial charge in [0.1, 0.15) is 11.5 Å². The third kappa shape index (κ3) is 5.73. The van der Waals surface area contributed by atoms with Crippen LogP contribution in [0.3, 0.4) is 0 Å². The maximum atomic E-state index is 12.2. The number of anilines is 1. The normalized spacial score (nSPS) is 10.2. The topological polar surface area (TPSA) is 102 Å². The molecule has 2 amide bonds. The molecule has 2 aromatic rings. The zero-order chi connectivity index (χ0) is 19.8. The number of methoxy groups -OCH3 is 2. The molecule has 0 aliphatic carbocycles. The molecule has 0 aliphatic heterocycles. The third-order valence-corrected chi connectivity index (χ3v) is 4.28. The van der Waals surface area contributed by atoms with Gasteiger partial charge in [0.05, 0.1) is 31.1 Å². The lowest BCUT2D eigenvalue weighted by Crippen LogP contribution is -2.28. The molecule has 0 radical (unpaired) electrons. The molecule has 0 aliphatic rings. The van der Waals surface area contributed by atoms with Gasteiger partial charge >= 0.3 is 0 Å². The highest BCUT2D eigenvalue weighted by atomic mass is 35.5.